The molecule has 6 nitrogen and oxygen atoms in total. The average Bonchev–Trinajstić information content (AvgIpc) is 2.56. The molecule has 0 aliphatic carbocycles. The normalized spacial score (nSPS) is 12.5. The molecule has 1 atom stereocenters. The summed E-state index contributed by atoms with van der Waals surface area (Å²) in [6.45, 7) is 1.40. The van der Waals surface area contributed by atoms with Crippen LogP contribution in [-0.4, -0.2) is 27.5 Å². The summed E-state index contributed by atoms with van der Waals surface area (Å²) in [5, 5.41) is 3.33. The molecule has 0 radical (unpaired) electrons. The highest BCUT2D eigenvalue weighted by molar-refractivity contribution is 7.89. The van der Waals surface area contributed by atoms with Crippen molar-refractivity contribution in [2.45, 2.75) is 17.9 Å². The number of anilines is 1. The molecule has 0 saturated carbocycles. The molecule has 26 heavy (non-hydrogen) atoms. The highest BCUT2D eigenvalue weighted by atomic mass is 35.5. The summed E-state index contributed by atoms with van der Waals surface area (Å²) in [5.74, 6) is -0.244. The number of methoxy groups -OCH3 is 1. The van der Waals surface area contributed by atoms with E-state index in [9.17, 15) is 13.2 Å². The SMILES string of the molecule is COc1ccc(S(=O)(=O)N[C@@H](C)C(=O)Nc2ccc(Cl)cc2Cl)cc1Cl. The number of benzene rings is 2. The molecule has 2 N–H and O–H groups in total. The summed E-state index contributed by atoms with van der Waals surface area (Å²) in [4.78, 5) is 12.2. The van der Waals surface area contributed by atoms with Crippen LogP contribution < -0.4 is 14.8 Å². The Labute approximate surface area is 166 Å². The summed E-state index contributed by atoms with van der Waals surface area (Å²) >= 11 is 17.7. The molecule has 0 saturated heterocycles. The molecule has 0 aliphatic rings. The molecule has 10 heteroatoms. The Bertz CT molecular complexity index is 935. The molecular formula is C16H15Cl3N2O4S. The first-order valence-electron chi connectivity index (χ1n) is 7.26. The topological polar surface area (TPSA) is 84.5 Å². The van der Waals surface area contributed by atoms with Gasteiger partial charge in [0.25, 0.3) is 0 Å². The lowest BCUT2D eigenvalue weighted by molar-refractivity contribution is -0.117. The highest BCUT2D eigenvalue weighted by Gasteiger charge is 2.23. The second kappa shape index (κ2) is 8.45. The van der Waals surface area contributed by atoms with Gasteiger partial charge in [0.05, 0.1) is 33.8 Å². The second-order valence-corrected chi connectivity index (χ2v) is 8.22. The van der Waals surface area contributed by atoms with Crippen molar-refractivity contribution in [3.8, 4) is 5.75 Å². The van der Waals surface area contributed by atoms with E-state index in [-0.39, 0.29) is 14.9 Å². The molecule has 0 heterocycles. The molecule has 2 aromatic carbocycles. The van der Waals surface area contributed by atoms with E-state index in [1.54, 1.807) is 6.07 Å². The molecule has 0 bridgehead atoms. The molecule has 0 fully saturated rings. The Morgan fingerprint density at radius 1 is 1.08 bits per heavy atom. The highest BCUT2D eigenvalue weighted by Crippen LogP contribution is 2.27. The zero-order chi connectivity index (χ0) is 19.5. The number of ether oxygens (including phenoxy) is 1. The monoisotopic (exact) mass is 436 g/mol. The third-order valence-electron chi connectivity index (χ3n) is 3.35. The lowest BCUT2D eigenvalue weighted by Gasteiger charge is -2.15. The number of halogens is 3. The average molecular weight is 438 g/mol. The predicted molar refractivity (Wildman–Crippen MR) is 103 cm³/mol. The first-order valence-corrected chi connectivity index (χ1v) is 9.87. The molecular weight excluding hydrogens is 423 g/mol. The maximum atomic E-state index is 12.4. The lowest BCUT2D eigenvalue weighted by atomic mass is 10.3. The predicted octanol–water partition coefficient (Wildman–Crippen LogP) is 3.96. The fourth-order valence-electron chi connectivity index (χ4n) is 2.00. The molecule has 0 unspecified atom stereocenters. The zero-order valence-electron chi connectivity index (χ0n) is 13.7. The van der Waals surface area contributed by atoms with Gasteiger partial charge < -0.3 is 10.1 Å². The van der Waals surface area contributed by atoms with Gasteiger partial charge in [-0.05, 0) is 43.3 Å². The van der Waals surface area contributed by atoms with Crippen LogP contribution in [-0.2, 0) is 14.8 Å². The van der Waals surface area contributed by atoms with Crippen LogP contribution in [0, 0.1) is 0 Å². The minimum atomic E-state index is -3.97. The van der Waals surface area contributed by atoms with Gasteiger partial charge in [-0.1, -0.05) is 34.8 Å². The first kappa shape index (κ1) is 20.8. The smallest absolute Gasteiger partial charge is 0.242 e. The van der Waals surface area contributed by atoms with Gasteiger partial charge in [-0.15, -0.1) is 0 Å². The Morgan fingerprint density at radius 2 is 1.77 bits per heavy atom. The molecule has 0 aliphatic heterocycles. The Morgan fingerprint density at radius 3 is 2.35 bits per heavy atom. The van der Waals surface area contributed by atoms with Crippen LogP contribution >= 0.6 is 34.8 Å². The van der Waals surface area contributed by atoms with Gasteiger partial charge in [-0.25, -0.2) is 8.42 Å². The van der Waals surface area contributed by atoms with Crippen LogP contribution in [0.5, 0.6) is 5.75 Å². The number of sulfonamides is 1. The Kier molecular flexibility index (Phi) is 6.76. The third kappa shape index (κ3) is 5.02. The summed E-state index contributed by atoms with van der Waals surface area (Å²) < 4.78 is 32.1. The molecule has 2 aromatic rings. The molecule has 0 aromatic heterocycles. The fourth-order valence-corrected chi connectivity index (χ4v) is 4.01. The largest absolute Gasteiger partial charge is 0.495 e. The van der Waals surface area contributed by atoms with Crippen molar-refractivity contribution in [3.05, 3.63) is 51.5 Å². The minimum Gasteiger partial charge on any atom is -0.495 e. The summed E-state index contributed by atoms with van der Waals surface area (Å²) in [7, 11) is -2.55. The van der Waals surface area contributed by atoms with Crippen molar-refractivity contribution in [2.24, 2.45) is 0 Å². The van der Waals surface area contributed by atoms with E-state index in [1.807, 2.05) is 0 Å². The molecule has 140 valence electrons. The van der Waals surface area contributed by atoms with Crippen molar-refractivity contribution in [3.63, 3.8) is 0 Å². The summed E-state index contributed by atoms with van der Waals surface area (Å²) in [6, 6.07) is 7.47. The third-order valence-corrected chi connectivity index (χ3v) is 5.73. The molecule has 2 rings (SSSR count). The van der Waals surface area contributed by atoms with Crippen LogP contribution in [0.4, 0.5) is 5.69 Å². The Hall–Kier alpha value is -1.51. The van der Waals surface area contributed by atoms with Crippen LogP contribution in [0.3, 0.4) is 0 Å². The lowest BCUT2D eigenvalue weighted by Crippen LogP contribution is -2.41. The fraction of sp³-hybridized carbons (Fsp3) is 0.188. The first-order chi connectivity index (χ1) is 12.1. The van der Waals surface area contributed by atoms with Crippen molar-refractivity contribution in [1.82, 2.24) is 4.72 Å². The van der Waals surface area contributed by atoms with E-state index < -0.39 is 22.0 Å². The van der Waals surface area contributed by atoms with Crippen LogP contribution in [0.15, 0.2) is 41.3 Å². The maximum absolute atomic E-state index is 12.4. The Balaban J connectivity index is 2.13. The number of carbonyl (C=O) groups is 1. The van der Waals surface area contributed by atoms with E-state index in [0.29, 0.717) is 16.5 Å². The van der Waals surface area contributed by atoms with E-state index >= 15 is 0 Å². The molecule has 0 spiro atoms. The molecule has 1 amide bonds. The van der Waals surface area contributed by atoms with Gasteiger partial charge in [0.1, 0.15) is 5.75 Å². The van der Waals surface area contributed by atoms with Crippen LogP contribution in [0.2, 0.25) is 15.1 Å². The van der Waals surface area contributed by atoms with Gasteiger partial charge in [-0.3, -0.25) is 4.79 Å². The number of hydrogen-bond donors (Lipinski definition) is 2. The van der Waals surface area contributed by atoms with Gasteiger partial charge in [0.2, 0.25) is 15.9 Å². The van der Waals surface area contributed by atoms with Crippen LogP contribution in [0.25, 0.3) is 0 Å². The van der Waals surface area contributed by atoms with E-state index in [4.69, 9.17) is 39.5 Å². The summed E-state index contributed by atoms with van der Waals surface area (Å²) in [6.07, 6.45) is 0. The number of rotatable bonds is 6. The number of amides is 1. The second-order valence-electron chi connectivity index (χ2n) is 5.25. The summed E-state index contributed by atoms with van der Waals surface area (Å²) in [5.41, 5.74) is 0.319. The van der Waals surface area contributed by atoms with Crippen molar-refractivity contribution < 1.29 is 17.9 Å². The van der Waals surface area contributed by atoms with Gasteiger partial charge in [0.15, 0.2) is 0 Å². The van der Waals surface area contributed by atoms with E-state index in [1.165, 1.54) is 44.4 Å². The standard InChI is InChI=1S/C16H15Cl3N2O4S/c1-9(16(22)20-14-5-3-10(17)7-12(14)18)21-26(23,24)11-4-6-15(25-2)13(19)8-11/h3-9,21H,1-2H3,(H,20,22)/t9-/m0/s1. The zero-order valence-corrected chi connectivity index (χ0v) is 16.8. The van der Waals surface area contributed by atoms with Gasteiger partial charge >= 0.3 is 0 Å². The number of hydrogen-bond acceptors (Lipinski definition) is 4. The van der Waals surface area contributed by atoms with E-state index in [0.717, 1.165) is 0 Å². The quantitative estimate of drug-likeness (QED) is 0.716. The van der Waals surface area contributed by atoms with Crippen molar-refractivity contribution >= 4 is 56.4 Å². The van der Waals surface area contributed by atoms with E-state index in [2.05, 4.69) is 10.0 Å². The number of nitrogens with one attached hydrogen (secondary N) is 2. The van der Waals surface area contributed by atoms with Gasteiger partial charge in [0, 0.05) is 5.02 Å². The maximum Gasteiger partial charge on any atom is 0.242 e. The number of carbonyl (C=O) groups excluding carboxylic acids is 1. The van der Waals surface area contributed by atoms with Crippen LogP contribution in [0.1, 0.15) is 6.92 Å². The minimum absolute atomic E-state index is 0.0903. The van der Waals surface area contributed by atoms with Gasteiger partial charge in [-0.2, -0.15) is 4.72 Å². The van der Waals surface area contributed by atoms with Crippen molar-refractivity contribution in [1.29, 1.82) is 0 Å². The van der Waals surface area contributed by atoms with Crippen molar-refractivity contribution in [2.75, 3.05) is 12.4 Å².